The molecule has 1 atom stereocenters. The van der Waals surface area contributed by atoms with E-state index in [1.807, 2.05) is 30.1 Å². The third-order valence-electron chi connectivity index (χ3n) is 4.09. The molecular formula is C16H23ClN2O2. The van der Waals surface area contributed by atoms with Crippen molar-refractivity contribution in [1.29, 1.82) is 0 Å². The second-order valence-corrected chi connectivity index (χ2v) is 6.24. The lowest BCUT2D eigenvalue weighted by atomic mass is 10.1. The second kappa shape index (κ2) is 7.78. The molecule has 1 unspecified atom stereocenters. The monoisotopic (exact) mass is 310 g/mol. The molecule has 21 heavy (non-hydrogen) atoms. The van der Waals surface area contributed by atoms with Gasteiger partial charge in [0.1, 0.15) is 0 Å². The summed E-state index contributed by atoms with van der Waals surface area (Å²) in [6, 6.07) is 8.36. The molecule has 0 bridgehead atoms. The van der Waals surface area contributed by atoms with E-state index in [0.717, 1.165) is 43.9 Å². The van der Waals surface area contributed by atoms with Crippen molar-refractivity contribution in [2.75, 3.05) is 26.7 Å². The van der Waals surface area contributed by atoms with E-state index in [-0.39, 0.29) is 6.54 Å². The molecule has 4 nitrogen and oxygen atoms in total. The number of nitrogens with zero attached hydrogens (tertiary/aromatic N) is 2. The van der Waals surface area contributed by atoms with E-state index in [1.165, 1.54) is 5.56 Å². The van der Waals surface area contributed by atoms with E-state index < -0.39 is 5.97 Å². The second-order valence-electron chi connectivity index (χ2n) is 5.80. The summed E-state index contributed by atoms with van der Waals surface area (Å²) in [4.78, 5) is 15.2. The standard InChI is InChI=1S/C16H23ClN2O2/c1-18(12-16(20)21)15-6-3-8-19(9-7-15)11-13-4-2-5-14(17)10-13/h2,4-5,10,15H,3,6-9,11-12H2,1H3,(H,20,21). The Kier molecular flexibility index (Phi) is 6.03. The van der Waals surface area contributed by atoms with Gasteiger partial charge in [-0.25, -0.2) is 0 Å². The van der Waals surface area contributed by atoms with Crippen molar-refractivity contribution in [3.63, 3.8) is 0 Å². The summed E-state index contributed by atoms with van der Waals surface area (Å²) >= 11 is 6.03. The van der Waals surface area contributed by atoms with Crippen molar-refractivity contribution in [2.45, 2.75) is 31.8 Å². The summed E-state index contributed by atoms with van der Waals surface area (Å²) in [5, 5.41) is 9.67. The van der Waals surface area contributed by atoms with E-state index in [9.17, 15) is 4.79 Å². The van der Waals surface area contributed by atoms with Gasteiger partial charge < -0.3 is 5.11 Å². The molecule has 0 amide bonds. The maximum Gasteiger partial charge on any atom is 0.317 e. The molecule has 1 fully saturated rings. The molecule has 0 radical (unpaired) electrons. The molecule has 5 heteroatoms. The zero-order valence-electron chi connectivity index (χ0n) is 12.5. The number of carboxylic acid groups (broad SMARTS) is 1. The van der Waals surface area contributed by atoms with Gasteiger partial charge in [0.25, 0.3) is 0 Å². The van der Waals surface area contributed by atoms with Crippen LogP contribution in [0.1, 0.15) is 24.8 Å². The van der Waals surface area contributed by atoms with Crippen LogP contribution < -0.4 is 0 Å². The summed E-state index contributed by atoms with van der Waals surface area (Å²) in [7, 11) is 1.91. The number of hydrogen-bond donors (Lipinski definition) is 1. The summed E-state index contributed by atoms with van der Waals surface area (Å²) in [6.07, 6.45) is 3.19. The Morgan fingerprint density at radius 3 is 2.95 bits per heavy atom. The molecule has 2 rings (SSSR count). The van der Waals surface area contributed by atoms with Crippen molar-refractivity contribution < 1.29 is 9.90 Å². The van der Waals surface area contributed by atoms with Crippen LogP contribution in [0.2, 0.25) is 5.02 Å². The number of aliphatic carboxylic acids is 1. The number of carbonyl (C=O) groups is 1. The van der Waals surface area contributed by atoms with Crippen LogP contribution in [0.4, 0.5) is 0 Å². The smallest absolute Gasteiger partial charge is 0.317 e. The van der Waals surface area contributed by atoms with Gasteiger partial charge in [-0.2, -0.15) is 0 Å². The van der Waals surface area contributed by atoms with Crippen LogP contribution in [-0.4, -0.2) is 53.6 Å². The first-order chi connectivity index (χ1) is 10.0. The highest BCUT2D eigenvalue weighted by atomic mass is 35.5. The molecule has 1 heterocycles. The molecule has 0 saturated carbocycles. The van der Waals surface area contributed by atoms with Crippen LogP contribution in [0, 0.1) is 0 Å². The van der Waals surface area contributed by atoms with Crippen LogP contribution in [-0.2, 0) is 11.3 Å². The zero-order valence-corrected chi connectivity index (χ0v) is 13.2. The number of likely N-dealkylation sites (tertiary alicyclic amines) is 1. The van der Waals surface area contributed by atoms with E-state index >= 15 is 0 Å². The molecule has 1 aromatic carbocycles. The van der Waals surface area contributed by atoms with Gasteiger partial charge in [0, 0.05) is 17.6 Å². The number of halogens is 1. The van der Waals surface area contributed by atoms with Crippen molar-refractivity contribution in [3.8, 4) is 0 Å². The van der Waals surface area contributed by atoms with Gasteiger partial charge in [0.15, 0.2) is 0 Å². The number of likely N-dealkylation sites (N-methyl/N-ethyl adjacent to an activating group) is 1. The van der Waals surface area contributed by atoms with E-state index in [1.54, 1.807) is 0 Å². The fourth-order valence-corrected chi connectivity index (χ4v) is 3.19. The molecular weight excluding hydrogens is 288 g/mol. The maximum absolute atomic E-state index is 10.8. The molecule has 1 N–H and O–H groups in total. The van der Waals surface area contributed by atoms with Gasteiger partial charge >= 0.3 is 5.97 Å². The van der Waals surface area contributed by atoms with Crippen LogP contribution in [0.3, 0.4) is 0 Å². The molecule has 1 aromatic rings. The van der Waals surface area contributed by atoms with Crippen LogP contribution in [0.15, 0.2) is 24.3 Å². The predicted octanol–water partition coefficient (Wildman–Crippen LogP) is 2.71. The minimum atomic E-state index is -0.752. The number of benzene rings is 1. The fraction of sp³-hybridized carbons (Fsp3) is 0.562. The number of carboxylic acids is 1. The molecule has 1 aliphatic rings. The highest BCUT2D eigenvalue weighted by molar-refractivity contribution is 6.30. The lowest BCUT2D eigenvalue weighted by Crippen LogP contribution is -2.36. The van der Waals surface area contributed by atoms with Gasteiger partial charge in [-0.1, -0.05) is 23.7 Å². The zero-order chi connectivity index (χ0) is 15.2. The minimum Gasteiger partial charge on any atom is -0.480 e. The third kappa shape index (κ3) is 5.30. The quantitative estimate of drug-likeness (QED) is 0.908. The minimum absolute atomic E-state index is 0.124. The highest BCUT2D eigenvalue weighted by Crippen LogP contribution is 2.18. The van der Waals surface area contributed by atoms with Crippen molar-refractivity contribution >= 4 is 17.6 Å². The Hall–Kier alpha value is -1.10. The first kappa shape index (κ1) is 16.3. The van der Waals surface area contributed by atoms with Gasteiger partial charge in [-0.05, 0) is 57.1 Å². The Morgan fingerprint density at radius 2 is 2.24 bits per heavy atom. The van der Waals surface area contributed by atoms with Gasteiger partial charge in [-0.3, -0.25) is 14.6 Å². The van der Waals surface area contributed by atoms with Crippen LogP contribution in [0.25, 0.3) is 0 Å². The summed E-state index contributed by atoms with van der Waals surface area (Å²) in [6.45, 7) is 3.10. The van der Waals surface area contributed by atoms with E-state index in [0.29, 0.717) is 6.04 Å². The average Bonchev–Trinajstić information content (AvgIpc) is 2.63. The maximum atomic E-state index is 10.8. The number of rotatable bonds is 5. The van der Waals surface area contributed by atoms with Gasteiger partial charge in [0.2, 0.25) is 0 Å². The van der Waals surface area contributed by atoms with Crippen LogP contribution >= 0.6 is 11.6 Å². The molecule has 0 aliphatic carbocycles. The SMILES string of the molecule is CN(CC(=O)O)C1CCCN(Cc2cccc(Cl)c2)CC1. The molecule has 0 spiro atoms. The topological polar surface area (TPSA) is 43.8 Å². The summed E-state index contributed by atoms with van der Waals surface area (Å²) < 4.78 is 0. The normalized spacial score (nSPS) is 20.4. The lowest BCUT2D eigenvalue weighted by Gasteiger charge is -2.25. The fourth-order valence-electron chi connectivity index (χ4n) is 2.97. The van der Waals surface area contributed by atoms with Crippen molar-refractivity contribution in [3.05, 3.63) is 34.9 Å². The number of hydrogen-bond acceptors (Lipinski definition) is 3. The van der Waals surface area contributed by atoms with Crippen molar-refractivity contribution in [2.24, 2.45) is 0 Å². The molecule has 0 aromatic heterocycles. The molecule has 1 saturated heterocycles. The van der Waals surface area contributed by atoms with Crippen LogP contribution in [0.5, 0.6) is 0 Å². The molecule has 1 aliphatic heterocycles. The van der Waals surface area contributed by atoms with Gasteiger partial charge in [0.05, 0.1) is 6.54 Å². The van der Waals surface area contributed by atoms with E-state index in [4.69, 9.17) is 16.7 Å². The highest BCUT2D eigenvalue weighted by Gasteiger charge is 2.21. The van der Waals surface area contributed by atoms with E-state index in [2.05, 4.69) is 11.0 Å². The molecule has 116 valence electrons. The summed E-state index contributed by atoms with van der Waals surface area (Å²) in [5.41, 5.74) is 1.24. The summed E-state index contributed by atoms with van der Waals surface area (Å²) in [5.74, 6) is -0.752. The Balaban J connectivity index is 1.87. The van der Waals surface area contributed by atoms with Gasteiger partial charge in [-0.15, -0.1) is 0 Å². The Bertz CT molecular complexity index is 481. The Labute approximate surface area is 131 Å². The van der Waals surface area contributed by atoms with Crippen molar-refractivity contribution in [1.82, 2.24) is 9.80 Å². The first-order valence-electron chi connectivity index (χ1n) is 7.43. The predicted molar refractivity (Wildman–Crippen MR) is 84.6 cm³/mol. The first-order valence-corrected chi connectivity index (χ1v) is 7.81. The lowest BCUT2D eigenvalue weighted by molar-refractivity contribution is -0.138. The average molecular weight is 311 g/mol. The Morgan fingerprint density at radius 1 is 1.43 bits per heavy atom. The largest absolute Gasteiger partial charge is 0.480 e. The third-order valence-corrected chi connectivity index (χ3v) is 4.33.